The molecule has 0 aliphatic rings. The van der Waals surface area contributed by atoms with Gasteiger partial charge < -0.3 is 4.55 Å². The second-order valence-electron chi connectivity index (χ2n) is 3.47. The van der Waals surface area contributed by atoms with E-state index < -0.39 is 10.1 Å². The van der Waals surface area contributed by atoms with Gasteiger partial charge in [0, 0.05) is 12.1 Å². The molecule has 0 fully saturated rings. The fourth-order valence-electron chi connectivity index (χ4n) is 1.23. The molecule has 0 radical (unpaired) electrons. The summed E-state index contributed by atoms with van der Waals surface area (Å²) in [6.07, 6.45) is 4.11. The lowest BCUT2D eigenvalue weighted by atomic mass is 10.4. The van der Waals surface area contributed by atoms with E-state index >= 15 is 0 Å². The van der Waals surface area contributed by atoms with E-state index in [0.717, 1.165) is 6.54 Å². The van der Waals surface area contributed by atoms with Gasteiger partial charge in [-0.1, -0.05) is 24.3 Å². The summed E-state index contributed by atoms with van der Waals surface area (Å²) >= 11 is 0. The van der Waals surface area contributed by atoms with Crippen molar-refractivity contribution in [3.63, 3.8) is 0 Å². The van der Waals surface area contributed by atoms with Crippen LogP contribution in [0, 0.1) is 0 Å². The molecule has 0 aliphatic heterocycles. The summed E-state index contributed by atoms with van der Waals surface area (Å²) in [5.74, 6) is 0. The van der Waals surface area contributed by atoms with Gasteiger partial charge in [0.1, 0.15) is 16.7 Å². The highest BCUT2D eigenvalue weighted by atomic mass is 32.2. The Balaban J connectivity index is 0.000000184. The van der Waals surface area contributed by atoms with E-state index in [4.69, 9.17) is 0 Å². The van der Waals surface area contributed by atoms with Crippen molar-refractivity contribution in [1.82, 2.24) is 0 Å². The van der Waals surface area contributed by atoms with E-state index in [9.17, 15) is 13.0 Å². The maximum Gasteiger partial charge on any atom is 0.168 e. The zero-order valence-electron chi connectivity index (χ0n) is 10.1. The zero-order valence-corrected chi connectivity index (χ0v) is 10.9. The van der Waals surface area contributed by atoms with Gasteiger partial charge >= 0.3 is 0 Å². The fourth-order valence-corrected chi connectivity index (χ4v) is 1.72. The topological polar surface area (TPSA) is 61.1 Å². The van der Waals surface area contributed by atoms with Crippen LogP contribution in [0.5, 0.6) is 0 Å². The number of nitrogens with zero attached hydrogens (tertiary/aromatic N) is 1. The van der Waals surface area contributed by atoms with Crippen molar-refractivity contribution < 1.29 is 17.5 Å². The standard InChI is InChI=1S/C7H10N.C6H6O3S/c1-2-8-6-4-3-5-7-8;7-10(8,9)6-4-2-1-3-5-6/h3-7H,2H2,1H3;1-5H,(H,7,8,9)/q+1;/p-1. The molecule has 2 rings (SSSR count). The van der Waals surface area contributed by atoms with Crippen LogP contribution in [0.1, 0.15) is 6.92 Å². The summed E-state index contributed by atoms with van der Waals surface area (Å²) in [4.78, 5) is -0.185. The van der Waals surface area contributed by atoms with Gasteiger partial charge in [-0.15, -0.1) is 0 Å². The minimum Gasteiger partial charge on any atom is -0.744 e. The van der Waals surface area contributed by atoms with Gasteiger partial charge in [-0.25, -0.2) is 13.0 Å². The van der Waals surface area contributed by atoms with Gasteiger partial charge in [0.25, 0.3) is 0 Å². The monoisotopic (exact) mass is 265 g/mol. The molecule has 0 saturated heterocycles. The Morgan fingerprint density at radius 3 is 1.83 bits per heavy atom. The minimum atomic E-state index is -4.25. The number of pyridine rings is 1. The summed E-state index contributed by atoms with van der Waals surface area (Å²) in [6, 6.07) is 13.3. The highest BCUT2D eigenvalue weighted by Gasteiger charge is 1.95. The van der Waals surface area contributed by atoms with Crippen LogP contribution in [0.15, 0.2) is 65.8 Å². The van der Waals surface area contributed by atoms with Crippen LogP contribution in [0.25, 0.3) is 0 Å². The van der Waals surface area contributed by atoms with Gasteiger partial charge in [0.05, 0.1) is 4.90 Å². The lowest BCUT2D eigenvalue weighted by Gasteiger charge is -2.04. The Kier molecular flexibility index (Phi) is 5.48. The van der Waals surface area contributed by atoms with Crippen molar-refractivity contribution in [2.75, 3.05) is 0 Å². The molecule has 2 aromatic rings. The highest BCUT2D eigenvalue weighted by Crippen LogP contribution is 2.04. The van der Waals surface area contributed by atoms with E-state index in [0.29, 0.717) is 0 Å². The highest BCUT2D eigenvalue weighted by molar-refractivity contribution is 7.85. The second-order valence-corrected chi connectivity index (χ2v) is 4.85. The molecule has 0 aliphatic carbocycles. The van der Waals surface area contributed by atoms with Crippen LogP contribution < -0.4 is 4.57 Å². The fraction of sp³-hybridized carbons (Fsp3) is 0.154. The molecule has 1 heterocycles. The quantitative estimate of drug-likeness (QED) is 0.612. The lowest BCUT2D eigenvalue weighted by molar-refractivity contribution is -0.693. The first-order chi connectivity index (χ1) is 8.54. The molecule has 18 heavy (non-hydrogen) atoms. The summed E-state index contributed by atoms with van der Waals surface area (Å²) < 4.78 is 33.0. The summed E-state index contributed by atoms with van der Waals surface area (Å²) in [6.45, 7) is 3.18. The largest absolute Gasteiger partial charge is 0.744 e. The minimum absolute atomic E-state index is 0.185. The summed E-state index contributed by atoms with van der Waals surface area (Å²) in [7, 11) is -4.25. The molecule has 0 bridgehead atoms. The molecule has 0 unspecified atom stereocenters. The predicted octanol–water partition coefficient (Wildman–Crippen LogP) is 1.58. The Hall–Kier alpha value is -1.72. The lowest BCUT2D eigenvalue weighted by Crippen LogP contribution is -2.30. The molecule has 4 nitrogen and oxygen atoms in total. The Bertz CT molecular complexity index is 553. The van der Waals surface area contributed by atoms with Crippen molar-refractivity contribution in [3.05, 3.63) is 60.9 Å². The predicted molar refractivity (Wildman–Crippen MR) is 66.7 cm³/mol. The van der Waals surface area contributed by atoms with Crippen molar-refractivity contribution >= 4 is 10.1 Å². The number of aryl methyl sites for hydroxylation is 1. The molecule has 0 saturated carbocycles. The van der Waals surface area contributed by atoms with E-state index in [1.165, 1.54) is 24.3 Å². The van der Waals surface area contributed by atoms with E-state index in [1.807, 2.05) is 18.2 Å². The first-order valence-corrected chi connectivity index (χ1v) is 6.90. The Morgan fingerprint density at radius 2 is 1.50 bits per heavy atom. The normalized spacial score (nSPS) is 10.3. The zero-order chi connectivity index (χ0) is 13.4. The average Bonchev–Trinajstić information content (AvgIpc) is 2.40. The maximum atomic E-state index is 10.3. The number of rotatable bonds is 2. The smallest absolute Gasteiger partial charge is 0.168 e. The van der Waals surface area contributed by atoms with Crippen molar-refractivity contribution in [2.24, 2.45) is 0 Å². The van der Waals surface area contributed by atoms with E-state index in [1.54, 1.807) is 6.07 Å². The Morgan fingerprint density at radius 1 is 1.00 bits per heavy atom. The molecule has 0 atom stereocenters. The van der Waals surface area contributed by atoms with Crippen molar-refractivity contribution in [3.8, 4) is 0 Å². The van der Waals surface area contributed by atoms with Gasteiger partial charge in [-0.3, -0.25) is 0 Å². The van der Waals surface area contributed by atoms with Crippen LogP contribution in [-0.4, -0.2) is 13.0 Å². The molecule has 5 heteroatoms. The van der Waals surface area contributed by atoms with Crippen LogP contribution in [0.4, 0.5) is 0 Å². The van der Waals surface area contributed by atoms with Crippen LogP contribution >= 0.6 is 0 Å². The first-order valence-electron chi connectivity index (χ1n) is 5.49. The summed E-state index contributed by atoms with van der Waals surface area (Å²) in [5, 5.41) is 0. The van der Waals surface area contributed by atoms with Crippen molar-refractivity contribution in [2.45, 2.75) is 18.4 Å². The third kappa shape index (κ3) is 5.07. The molecule has 1 aromatic carbocycles. The molecule has 0 amide bonds. The number of hydrogen-bond acceptors (Lipinski definition) is 3. The maximum absolute atomic E-state index is 10.3. The van der Waals surface area contributed by atoms with Crippen LogP contribution in [-0.2, 0) is 16.7 Å². The van der Waals surface area contributed by atoms with E-state index in [2.05, 4.69) is 23.9 Å². The number of benzene rings is 1. The SMILES string of the molecule is CC[n+]1ccccc1.O=S(=O)([O-])c1ccccc1. The molecule has 0 N–H and O–H groups in total. The Labute approximate surface area is 107 Å². The third-order valence-corrected chi connectivity index (χ3v) is 3.02. The number of aromatic nitrogens is 1. The molecule has 0 spiro atoms. The average molecular weight is 265 g/mol. The van der Waals surface area contributed by atoms with Crippen LogP contribution in [0.3, 0.4) is 0 Å². The van der Waals surface area contributed by atoms with Gasteiger partial charge in [0.15, 0.2) is 12.4 Å². The first kappa shape index (κ1) is 14.3. The van der Waals surface area contributed by atoms with E-state index in [-0.39, 0.29) is 4.90 Å². The summed E-state index contributed by atoms with van der Waals surface area (Å²) in [5.41, 5.74) is 0. The molecule has 1 aromatic heterocycles. The van der Waals surface area contributed by atoms with Gasteiger partial charge in [-0.2, -0.15) is 0 Å². The molecule has 96 valence electrons. The molecular formula is C13H15NO3S. The third-order valence-electron chi connectivity index (χ3n) is 2.17. The number of hydrogen-bond donors (Lipinski definition) is 0. The van der Waals surface area contributed by atoms with Crippen LogP contribution in [0.2, 0.25) is 0 Å². The van der Waals surface area contributed by atoms with Gasteiger partial charge in [-0.05, 0) is 19.1 Å². The molecular weight excluding hydrogens is 250 g/mol. The second kappa shape index (κ2) is 6.88. The van der Waals surface area contributed by atoms with Crippen molar-refractivity contribution in [1.29, 1.82) is 0 Å². The van der Waals surface area contributed by atoms with Gasteiger partial charge in [0.2, 0.25) is 0 Å².